The van der Waals surface area contributed by atoms with Crippen molar-refractivity contribution in [2.45, 2.75) is 26.8 Å². The lowest BCUT2D eigenvalue weighted by Crippen LogP contribution is -2.36. The van der Waals surface area contributed by atoms with Crippen molar-refractivity contribution in [3.05, 3.63) is 71.4 Å². The Morgan fingerprint density at radius 1 is 0.900 bits per heavy atom. The molecular formula is C25H30N4O. The average Bonchev–Trinajstić information content (AvgIpc) is 2.96. The molecule has 1 amide bonds. The first-order valence-corrected chi connectivity index (χ1v) is 10.7. The number of benzene rings is 2. The molecule has 0 bridgehead atoms. The number of hydrogen-bond acceptors (Lipinski definition) is 4. The Balaban J connectivity index is 1.31. The van der Waals surface area contributed by atoms with Crippen LogP contribution in [0.4, 0.5) is 5.69 Å². The molecule has 0 atom stereocenters. The number of rotatable bonds is 5. The number of fused-ring (bicyclic) bond motifs is 1. The van der Waals surface area contributed by atoms with Crippen molar-refractivity contribution in [2.24, 2.45) is 0 Å². The van der Waals surface area contributed by atoms with E-state index in [1.165, 1.54) is 5.39 Å². The molecule has 30 heavy (non-hydrogen) atoms. The van der Waals surface area contributed by atoms with Crippen LogP contribution in [0.1, 0.15) is 23.2 Å². The van der Waals surface area contributed by atoms with Crippen LogP contribution in [0.25, 0.3) is 10.9 Å². The topological polar surface area (TPSA) is 48.5 Å². The van der Waals surface area contributed by atoms with E-state index in [0.29, 0.717) is 6.54 Å². The number of carbonyl (C=O) groups is 1. The van der Waals surface area contributed by atoms with Gasteiger partial charge in [0.2, 0.25) is 5.91 Å². The Labute approximate surface area is 178 Å². The van der Waals surface area contributed by atoms with Crippen molar-refractivity contribution in [3.63, 3.8) is 0 Å². The molecular weight excluding hydrogens is 372 g/mol. The highest BCUT2D eigenvalue weighted by atomic mass is 16.2. The highest BCUT2D eigenvalue weighted by molar-refractivity contribution is 5.93. The monoisotopic (exact) mass is 402 g/mol. The van der Waals surface area contributed by atoms with Crippen LogP contribution < -0.4 is 5.32 Å². The van der Waals surface area contributed by atoms with E-state index in [2.05, 4.69) is 39.4 Å². The van der Waals surface area contributed by atoms with E-state index in [4.69, 9.17) is 4.98 Å². The van der Waals surface area contributed by atoms with E-state index >= 15 is 0 Å². The molecule has 2 heterocycles. The highest BCUT2D eigenvalue weighted by Crippen LogP contribution is 2.19. The molecule has 0 radical (unpaired) electrons. The quantitative estimate of drug-likeness (QED) is 0.701. The van der Waals surface area contributed by atoms with Crippen molar-refractivity contribution >= 4 is 22.5 Å². The van der Waals surface area contributed by atoms with Crippen LogP contribution in [-0.2, 0) is 11.3 Å². The second kappa shape index (κ2) is 9.37. The van der Waals surface area contributed by atoms with Gasteiger partial charge in [-0.2, -0.15) is 0 Å². The molecule has 1 aliphatic rings. The number of pyridine rings is 1. The number of aromatic nitrogens is 1. The summed E-state index contributed by atoms with van der Waals surface area (Å²) in [6.45, 7) is 9.19. The van der Waals surface area contributed by atoms with Gasteiger partial charge in [0.25, 0.3) is 0 Å². The Morgan fingerprint density at radius 3 is 2.47 bits per heavy atom. The van der Waals surface area contributed by atoms with Gasteiger partial charge in [0.15, 0.2) is 0 Å². The van der Waals surface area contributed by atoms with Gasteiger partial charge in [0.05, 0.1) is 17.8 Å². The number of anilines is 1. The molecule has 2 aromatic carbocycles. The van der Waals surface area contributed by atoms with Crippen LogP contribution in [0.3, 0.4) is 0 Å². The second-order valence-electron chi connectivity index (χ2n) is 8.22. The van der Waals surface area contributed by atoms with Gasteiger partial charge in [-0.05, 0) is 56.6 Å². The maximum atomic E-state index is 12.6. The molecule has 1 aromatic heterocycles. The summed E-state index contributed by atoms with van der Waals surface area (Å²) in [6.07, 6.45) is 1.06. The number of aryl methyl sites for hydroxylation is 2. The molecule has 4 rings (SSSR count). The zero-order chi connectivity index (χ0) is 20.9. The summed E-state index contributed by atoms with van der Waals surface area (Å²) in [7, 11) is 0. The van der Waals surface area contributed by atoms with Gasteiger partial charge in [0.1, 0.15) is 0 Å². The van der Waals surface area contributed by atoms with Crippen LogP contribution in [0.5, 0.6) is 0 Å². The third-order valence-corrected chi connectivity index (χ3v) is 5.84. The summed E-state index contributed by atoms with van der Waals surface area (Å²) in [5, 5.41) is 4.29. The molecule has 0 spiro atoms. The summed E-state index contributed by atoms with van der Waals surface area (Å²) < 4.78 is 0. The maximum absolute atomic E-state index is 12.6. The standard InChI is InChI=1S/C25H30N4O/c1-19-7-5-8-20(2)25(19)27-24(30)18-29-14-6-13-28(15-16-29)17-22-12-11-21-9-3-4-10-23(21)26-22/h3-5,7-12H,6,13-18H2,1-2H3,(H,27,30). The van der Waals surface area contributed by atoms with Crippen LogP contribution in [-0.4, -0.2) is 53.4 Å². The fraction of sp³-hybridized carbons (Fsp3) is 0.360. The fourth-order valence-electron chi connectivity index (χ4n) is 4.16. The first-order chi connectivity index (χ1) is 14.6. The van der Waals surface area contributed by atoms with Crippen molar-refractivity contribution in [1.82, 2.24) is 14.8 Å². The Kier molecular flexibility index (Phi) is 6.41. The minimum Gasteiger partial charge on any atom is -0.324 e. The normalized spacial score (nSPS) is 15.8. The van der Waals surface area contributed by atoms with Crippen molar-refractivity contribution in [1.29, 1.82) is 0 Å². The molecule has 1 fully saturated rings. The summed E-state index contributed by atoms with van der Waals surface area (Å²) in [4.78, 5) is 22.1. The van der Waals surface area contributed by atoms with Gasteiger partial charge in [-0.3, -0.25) is 19.6 Å². The number of hydrogen-bond donors (Lipinski definition) is 1. The minimum atomic E-state index is 0.0667. The molecule has 1 aliphatic heterocycles. The third kappa shape index (κ3) is 5.04. The van der Waals surface area contributed by atoms with Gasteiger partial charge >= 0.3 is 0 Å². The zero-order valence-electron chi connectivity index (χ0n) is 17.9. The lowest BCUT2D eigenvalue weighted by atomic mass is 10.1. The van der Waals surface area contributed by atoms with E-state index in [1.54, 1.807) is 0 Å². The number of nitrogens with zero attached hydrogens (tertiary/aromatic N) is 3. The molecule has 1 saturated heterocycles. The van der Waals surface area contributed by atoms with Gasteiger partial charge in [-0.25, -0.2) is 0 Å². The smallest absolute Gasteiger partial charge is 0.238 e. The van der Waals surface area contributed by atoms with Crippen LogP contribution in [0.2, 0.25) is 0 Å². The van der Waals surface area contributed by atoms with Gasteiger partial charge in [-0.1, -0.05) is 42.5 Å². The summed E-state index contributed by atoms with van der Waals surface area (Å²) in [5.74, 6) is 0.0667. The average molecular weight is 403 g/mol. The van der Waals surface area contributed by atoms with E-state index in [9.17, 15) is 4.79 Å². The van der Waals surface area contributed by atoms with E-state index in [0.717, 1.165) is 67.2 Å². The lowest BCUT2D eigenvalue weighted by Gasteiger charge is -2.21. The van der Waals surface area contributed by atoms with Crippen molar-refractivity contribution in [2.75, 3.05) is 38.0 Å². The highest BCUT2D eigenvalue weighted by Gasteiger charge is 2.18. The molecule has 0 aliphatic carbocycles. The van der Waals surface area contributed by atoms with Crippen LogP contribution in [0, 0.1) is 13.8 Å². The second-order valence-corrected chi connectivity index (χ2v) is 8.22. The largest absolute Gasteiger partial charge is 0.324 e. The summed E-state index contributed by atoms with van der Waals surface area (Å²) >= 11 is 0. The Hall–Kier alpha value is -2.76. The zero-order valence-corrected chi connectivity index (χ0v) is 17.9. The fourth-order valence-corrected chi connectivity index (χ4v) is 4.16. The molecule has 5 heteroatoms. The van der Waals surface area contributed by atoms with Crippen LogP contribution in [0.15, 0.2) is 54.6 Å². The van der Waals surface area contributed by atoms with Gasteiger partial charge in [0, 0.05) is 30.7 Å². The predicted octanol–water partition coefficient (Wildman–Crippen LogP) is 4.00. The molecule has 0 unspecified atom stereocenters. The summed E-state index contributed by atoms with van der Waals surface area (Å²) in [5.41, 5.74) is 5.31. The Bertz CT molecular complexity index is 1010. The first kappa shape index (κ1) is 20.5. The number of nitrogens with one attached hydrogen (secondary N) is 1. The van der Waals surface area contributed by atoms with Gasteiger partial charge < -0.3 is 5.32 Å². The minimum absolute atomic E-state index is 0.0667. The van der Waals surface area contributed by atoms with Crippen molar-refractivity contribution < 1.29 is 4.79 Å². The molecule has 3 aromatic rings. The van der Waals surface area contributed by atoms with E-state index in [1.807, 2.05) is 44.2 Å². The number of para-hydroxylation sites is 2. The Morgan fingerprint density at radius 2 is 1.63 bits per heavy atom. The number of carbonyl (C=O) groups excluding carboxylic acids is 1. The molecule has 5 nitrogen and oxygen atoms in total. The molecule has 1 N–H and O–H groups in total. The van der Waals surface area contributed by atoms with Crippen molar-refractivity contribution in [3.8, 4) is 0 Å². The number of amides is 1. The maximum Gasteiger partial charge on any atom is 0.238 e. The van der Waals surface area contributed by atoms with Gasteiger partial charge in [-0.15, -0.1) is 0 Å². The SMILES string of the molecule is Cc1cccc(C)c1NC(=O)CN1CCCN(Cc2ccc3ccccc3n2)CC1. The predicted molar refractivity (Wildman–Crippen MR) is 123 cm³/mol. The molecule has 156 valence electrons. The van der Waals surface area contributed by atoms with Crippen LogP contribution >= 0.6 is 0 Å². The van der Waals surface area contributed by atoms with E-state index < -0.39 is 0 Å². The summed E-state index contributed by atoms with van der Waals surface area (Å²) in [6, 6.07) is 18.6. The lowest BCUT2D eigenvalue weighted by molar-refractivity contribution is -0.117. The first-order valence-electron chi connectivity index (χ1n) is 10.7. The molecule has 0 saturated carbocycles. The van der Waals surface area contributed by atoms with E-state index in [-0.39, 0.29) is 5.91 Å². The third-order valence-electron chi connectivity index (χ3n) is 5.84.